The summed E-state index contributed by atoms with van der Waals surface area (Å²) >= 11 is 0. The van der Waals surface area contributed by atoms with E-state index in [0.29, 0.717) is 39.6 Å². The van der Waals surface area contributed by atoms with Crippen molar-refractivity contribution in [3.8, 4) is 0 Å². The van der Waals surface area contributed by atoms with Gasteiger partial charge < -0.3 is 9.80 Å². The van der Waals surface area contributed by atoms with Crippen LogP contribution in [-0.4, -0.2) is 67.2 Å². The Labute approximate surface area is 322 Å². The van der Waals surface area contributed by atoms with Gasteiger partial charge >= 0.3 is 0 Å². The van der Waals surface area contributed by atoms with Gasteiger partial charge in [0.05, 0.1) is 17.9 Å². The van der Waals surface area contributed by atoms with Gasteiger partial charge in [-0.25, -0.2) is 0 Å². The van der Waals surface area contributed by atoms with Gasteiger partial charge in [-0.1, -0.05) is 95.0 Å². The maximum atomic E-state index is 14.2. The van der Waals surface area contributed by atoms with Gasteiger partial charge in [-0.3, -0.25) is 29.0 Å². The van der Waals surface area contributed by atoms with E-state index in [0.717, 1.165) is 81.6 Å². The lowest BCUT2D eigenvalue weighted by atomic mass is 9.82. The number of amides is 4. The van der Waals surface area contributed by atoms with Crippen LogP contribution in [0.25, 0.3) is 43.1 Å². The van der Waals surface area contributed by atoms with Crippen molar-refractivity contribution in [3.05, 3.63) is 94.5 Å². The first-order valence-electron chi connectivity index (χ1n) is 20.3. The van der Waals surface area contributed by atoms with E-state index in [2.05, 4.69) is 43.0 Å². The van der Waals surface area contributed by atoms with E-state index in [-0.39, 0.29) is 30.2 Å². The highest BCUT2D eigenvalue weighted by molar-refractivity contribution is 6.41. The van der Waals surface area contributed by atoms with Crippen molar-refractivity contribution < 1.29 is 19.2 Å². The van der Waals surface area contributed by atoms with Crippen molar-refractivity contribution in [1.29, 1.82) is 0 Å². The lowest BCUT2D eigenvalue weighted by Gasteiger charge is -2.35. The zero-order chi connectivity index (χ0) is 38.0. The summed E-state index contributed by atoms with van der Waals surface area (Å²) in [5.74, 6) is -1.08. The van der Waals surface area contributed by atoms with Gasteiger partial charge in [-0.05, 0) is 80.7 Å². The SMILES string of the molecule is CCCCCCCCCCCCN1C(=O)c2ccc3c4ccc5c6c(ccc(c7ccc(c2c37)C1=O)c64)C(=O)N(Cc1ccc2c(c1)N(C)CCN2C)C5=O. The molecule has 0 unspecified atom stereocenters. The van der Waals surface area contributed by atoms with E-state index in [1.54, 1.807) is 0 Å². The summed E-state index contributed by atoms with van der Waals surface area (Å²) in [7, 11) is 4.15. The molecule has 8 heteroatoms. The molecule has 0 bridgehead atoms. The van der Waals surface area contributed by atoms with Crippen molar-refractivity contribution in [2.45, 2.75) is 77.7 Å². The van der Waals surface area contributed by atoms with Gasteiger partial charge in [0.25, 0.3) is 23.6 Å². The Morgan fingerprint density at radius 2 is 0.873 bits per heavy atom. The minimum Gasteiger partial charge on any atom is -0.371 e. The normalized spacial score (nSPS) is 15.5. The minimum absolute atomic E-state index is 0.179. The van der Waals surface area contributed by atoms with E-state index in [1.165, 1.54) is 54.7 Å². The number of rotatable bonds is 13. The average Bonchev–Trinajstić information content (AvgIpc) is 3.20. The predicted octanol–water partition coefficient (Wildman–Crippen LogP) is 9.94. The molecule has 0 saturated heterocycles. The fourth-order valence-corrected chi connectivity index (χ4v) is 9.49. The van der Waals surface area contributed by atoms with Gasteiger partial charge in [0.2, 0.25) is 0 Å². The number of unbranched alkanes of at least 4 members (excludes halogenated alkanes) is 9. The maximum Gasteiger partial charge on any atom is 0.261 e. The van der Waals surface area contributed by atoms with E-state index < -0.39 is 0 Å². The third kappa shape index (κ3) is 5.63. The second kappa shape index (κ2) is 14.0. The van der Waals surface area contributed by atoms with E-state index in [1.807, 2.05) is 54.6 Å². The highest BCUT2D eigenvalue weighted by Gasteiger charge is 2.37. The molecule has 4 amide bonds. The Morgan fingerprint density at radius 3 is 1.35 bits per heavy atom. The molecule has 0 fully saturated rings. The van der Waals surface area contributed by atoms with Crippen LogP contribution in [0.2, 0.25) is 0 Å². The predicted molar refractivity (Wildman–Crippen MR) is 222 cm³/mol. The Morgan fingerprint density at radius 1 is 0.455 bits per heavy atom. The number of hydrogen-bond donors (Lipinski definition) is 0. The summed E-state index contributed by atoms with van der Waals surface area (Å²) in [6, 6.07) is 21.5. The van der Waals surface area contributed by atoms with Gasteiger partial charge in [0, 0.05) is 66.8 Å². The molecule has 0 spiro atoms. The number of carbonyl (C=O) groups is 4. The summed E-state index contributed by atoms with van der Waals surface area (Å²) in [6.07, 6.45) is 11.9. The number of hydrogen-bond acceptors (Lipinski definition) is 6. The molecule has 9 rings (SSSR count). The lowest BCUT2D eigenvalue weighted by Crippen LogP contribution is -2.41. The topological polar surface area (TPSA) is 81.2 Å². The van der Waals surface area contributed by atoms with Crippen LogP contribution >= 0.6 is 0 Å². The van der Waals surface area contributed by atoms with Crippen molar-refractivity contribution >= 4 is 78.1 Å². The van der Waals surface area contributed by atoms with Crippen molar-refractivity contribution in [2.75, 3.05) is 43.5 Å². The number of nitrogens with zero attached hydrogens (tertiary/aromatic N) is 4. The third-order valence-corrected chi connectivity index (χ3v) is 12.5. The highest BCUT2D eigenvalue weighted by Crippen LogP contribution is 2.46. The average molecular weight is 733 g/mol. The largest absolute Gasteiger partial charge is 0.371 e. The molecule has 0 atom stereocenters. The van der Waals surface area contributed by atoms with Gasteiger partial charge in [-0.2, -0.15) is 0 Å². The second-order valence-corrected chi connectivity index (χ2v) is 15.9. The van der Waals surface area contributed by atoms with Crippen LogP contribution < -0.4 is 9.80 Å². The van der Waals surface area contributed by atoms with E-state index >= 15 is 0 Å². The molecule has 3 heterocycles. The summed E-state index contributed by atoms with van der Waals surface area (Å²) < 4.78 is 0. The number of fused-ring (bicyclic) bond motifs is 3. The van der Waals surface area contributed by atoms with Crippen LogP contribution in [0.4, 0.5) is 11.4 Å². The van der Waals surface area contributed by atoms with Crippen molar-refractivity contribution in [3.63, 3.8) is 0 Å². The third-order valence-electron chi connectivity index (χ3n) is 12.5. The zero-order valence-corrected chi connectivity index (χ0v) is 32.2. The summed E-state index contributed by atoms with van der Waals surface area (Å²) in [4.78, 5) is 63.6. The van der Waals surface area contributed by atoms with Crippen molar-refractivity contribution in [1.82, 2.24) is 9.80 Å². The van der Waals surface area contributed by atoms with Gasteiger partial charge in [0.1, 0.15) is 0 Å². The van der Waals surface area contributed by atoms with E-state index in [9.17, 15) is 19.2 Å². The molecule has 6 aromatic carbocycles. The number of imide groups is 2. The van der Waals surface area contributed by atoms with Crippen molar-refractivity contribution in [2.24, 2.45) is 0 Å². The monoisotopic (exact) mass is 732 g/mol. The standard InChI is InChI=1S/C47H48N4O4/c1-4-5-6-7-8-9-10-11-12-13-24-50-44(52)34-19-15-30-32-17-21-36-43-37(22-18-33(41(32)43)31-16-20-35(45(50)53)42(34)40(30)31)47(55)51(46(36)54)28-29-14-23-38-39(27-29)49(3)26-25-48(38)2/h14-23,27H,4-13,24-26,28H2,1-3H3. The quantitative estimate of drug-likeness (QED) is 0.0509. The minimum atomic E-state index is -0.306. The number of benzene rings is 6. The fraction of sp³-hybridized carbons (Fsp3) is 0.362. The number of likely N-dealkylation sites (N-methyl/N-ethyl adjacent to an activating group) is 2. The molecule has 3 aliphatic heterocycles. The Hall–Kier alpha value is -5.50. The Kier molecular flexibility index (Phi) is 8.95. The first-order chi connectivity index (χ1) is 26.8. The summed E-state index contributed by atoms with van der Waals surface area (Å²) in [5.41, 5.74) is 5.24. The number of carbonyl (C=O) groups excluding carboxylic acids is 4. The van der Waals surface area contributed by atoms with Crippen LogP contribution in [-0.2, 0) is 6.54 Å². The molecule has 3 aliphatic rings. The van der Waals surface area contributed by atoms with E-state index in [4.69, 9.17) is 0 Å². The molecule has 6 aromatic rings. The molecular formula is C47H48N4O4. The Bertz CT molecular complexity index is 2440. The zero-order valence-electron chi connectivity index (χ0n) is 32.2. The molecule has 55 heavy (non-hydrogen) atoms. The maximum absolute atomic E-state index is 14.2. The molecule has 0 radical (unpaired) electrons. The van der Waals surface area contributed by atoms with Gasteiger partial charge in [0.15, 0.2) is 0 Å². The fourth-order valence-electron chi connectivity index (χ4n) is 9.49. The van der Waals surface area contributed by atoms with Crippen LogP contribution in [0.5, 0.6) is 0 Å². The first-order valence-corrected chi connectivity index (χ1v) is 20.3. The summed E-state index contributed by atoms with van der Waals surface area (Å²) in [5, 5.41) is 6.71. The van der Waals surface area contributed by atoms with Crippen LogP contribution in [0.1, 0.15) is 118 Å². The molecule has 0 saturated carbocycles. The van der Waals surface area contributed by atoms with Crippen LogP contribution in [0.15, 0.2) is 66.7 Å². The smallest absolute Gasteiger partial charge is 0.261 e. The first kappa shape index (κ1) is 35.2. The van der Waals surface area contributed by atoms with Crippen LogP contribution in [0.3, 0.4) is 0 Å². The number of anilines is 2. The lowest BCUT2D eigenvalue weighted by molar-refractivity contribution is 0.0587. The molecule has 8 nitrogen and oxygen atoms in total. The Balaban J connectivity index is 1.02. The molecular weight excluding hydrogens is 685 g/mol. The highest BCUT2D eigenvalue weighted by atomic mass is 16.2. The van der Waals surface area contributed by atoms with Gasteiger partial charge in [-0.15, -0.1) is 0 Å². The molecule has 0 aromatic heterocycles. The molecule has 280 valence electrons. The van der Waals surface area contributed by atoms with Crippen LogP contribution in [0, 0.1) is 0 Å². The molecule has 0 aliphatic carbocycles. The molecule has 0 N–H and O–H groups in total. The summed E-state index contributed by atoms with van der Waals surface area (Å²) in [6.45, 7) is 4.68. The second-order valence-electron chi connectivity index (χ2n) is 15.9.